The molecule has 1 unspecified atom stereocenters. The zero-order chi connectivity index (χ0) is 13.0. The van der Waals surface area contributed by atoms with Gasteiger partial charge in [0.15, 0.2) is 5.82 Å². The van der Waals surface area contributed by atoms with E-state index in [1.807, 2.05) is 0 Å². The summed E-state index contributed by atoms with van der Waals surface area (Å²) in [6, 6.07) is 7.77. The molecule has 3 N–H and O–H groups in total. The first-order valence-electron chi connectivity index (χ1n) is 5.93. The van der Waals surface area contributed by atoms with Crippen LogP contribution in [0, 0.1) is 6.92 Å². The molecule has 18 heavy (non-hydrogen) atoms. The van der Waals surface area contributed by atoms with Crippen LogP contribution in [0.1, 0.15) is 28.9 Å². The second-order valence-corrected chi connectivity index (χ2v) is 4.32. The molecular formula is C13H17N3O2. The van der Waals surface area contributed by atoms with Crippen LogP contribution in [0.4, 0.5) is 0 Å². The molecule has 0 amide bonds. The van der Waals surface area contributed by atoms with E-state index in [9.17, 15) is 0 Å². The highest BCUT2D eigenvalue weighted by atomic mass is 16.5. The zero-order valence-corrected chi connectivity index (χ0v) is 10.3. The van der Waals surface area contributed by atoms with Gasteiger partial charge in [0.1, 0.15) is 0 Å². The van der Waals surface area contributed by atoms with Crippen molar-refractivity contribution in [3.63, 3.8) is 0 Å². The van der Waals surface area contributed by atoms with Crippen molar-refractivity contribution in [3.05, 3.63) is 47.1 Å². The van der Waals surface area contributed by atoms with Crippen molar-refractivity contribution in [2.75, 3.05) is 6.61 Å². The molecule has 96 valence electrons. The minimum Gasteiger partial charge on any atom is -0.394 e. The largest absolute Gasteiger partial charge is 0.394 e. The molecule has 0 radical (unpaired) electrons. The van der Waals surface area contributed by atoms with E-state index in [1.54, 1.807) is 0 Å². The van der Waals surface area contributed by atoms with Crippen LogP contribution in [0.2, 0.25) is 0 Å². The van der Waals surface area contributed by atoms with Crippen LogP contribution in [0.25, 0.3) is 0 Å². The van der Waals surface area contributed by atoms with Gasteiger partial charge in [0.2, 0.25) is 5.89 Å². The lowest BCUT2D eigenvalue weighted by atomic mass is 10.1. The third-order valence-corrected chi connectivity index (χ3v) is 2.76. The lowest BCUT2D eigenvalue weighted by Crippen LogP contribution is -2.16. The van der Waals surface area contributed by atoms with E-state index in [2.05, 4.69) is 41.3 Å². The van der Waals surface area contributed by atoms with E-state index in [1.165, 1.54) is 11.1 Å². The molecule has 1 aromatic heterocycles. The molecule has 0 fully saturated rings. The highest BCUT2D eigenvalue weighted by molar-refractivity contribution is 5.21. The summed E-state index contributed by atoms with van der Waals surface area (Å²) in [7, 11) is 0. The Kier molecular flexibility index (Phi) is 4.07. The molecule has 0 spiro atoms. The van der Waals surface area contributed by atoms with Crippen LogP contribution in [-0.4, -0.2) is 21.9 Å². The average molecular weight is 247 g/mol. The van der Waals surface area contributed by atoms with Crippen LogP contribution >= 0.6 is 0 Å². The highest BCUT2D eigenvalue weighted by Crippen LogP contribution is 2.10. The maximum absolute atomic E-state index is 8.88. The van der Waals surface area contributed by atoms with Gasteiger partial charge < -0.3 is 15.4 Å². The standard InChI is InChI=1S/C13H17N3O2/c1-9-2-4-10(5-3-9)6-7-12-15-13(16-18-12)11(14)8-17/h2-5,11,17H,6-8,14H2,1H3. The van der Waals surface area contributed by atoms with Gasteiger partial charge in [-0.3, -0.25) is 0 Å². The third-order valence-electron chi connectivity index (χ3n) is 2.76. The summed E-state index contributed by atoms with van der Waals surface area (Å²) in [6.45, 7) is 1.88. The van der Waals surface area contributed by atoms with E-state index in [0.717, 1.165) is 6.42 Å². The monoisotopic (exact) mass is 247 g/mol. The van der Waals surface area contributed by atoms with Gasteiger partial charge in [-0.25, -0.2) is 0 Å². The fourth-order valence-electron chi connectivity index (χ4n) is 1.61. The maximum Gasteiger partial charge on any atom is 0.227 e. The fourth-order valence-corrected chi connectivity index (χ4v) is 1.61. The third kappa shape index (κ3) is 3.15. The van der Waals surface area contributed by atoms with E-state index in [0.29, 0.717) is 18.1 Å². The van der Waals surface area contributed by atoms with Crippen molar-refractivity contribution >= 4 is 0 Å². The predicted molar refractivity (Wildman–Crippen MR) is 66.9 cm³/mol. The Morgan fingerprint density at radius 3 is 2.67 bits per heavy atom. The number of hydrogen-bond donors (Lipinski definition) is 2. The number of nitrogens with zero attached hydrogens (tertiary/aromatic N) is 2. The van der Waals surface area contributed by atoms with Crippen LogP contribution in [0.3, 0.4) is 0 Å². The van der Waals surface area contributed by atoms with Gasteiger partial charge in [-0.1, -0.05) is 35.0 Å². The number of aromatic nitrogens is 2. The Bertz CT molecular complexity index is 493. The van der Waals surface area contributed by atoms with Crippen LogP contribution in [0.5, 0.6) is 0 Å². The summed E-state index contributed by atoms with van der Waals surface area (Å²) in [5.41, 5.74) is 8.07. The number of nitrogens with two attached hydrogens (primary N) is 1. The van der Waals surface area contributed by atoms with Gasteiger partial charge in [-0.05, 0) is 18.9 Å². The first kappa shape index (κ1) is 12.7. The van der Waals surface area contributed by atoms with Gasteiger partial charge >= 0.3 is 0 Å². The van der Waals surface area contributed by atoms with Gasteiger partial charge in [0.25, 0.3) is 0 Å². The van der Waals surface area contributed by atoms with Crippen molar-refractivity contribution in [1.82, 2.24) is 10.1 Å². The molecular weight excluding hydrogens is 230 g/mol. The topological polar surface area (TPSA) is 85.2 Å². The molecule has 0 aliphatic rings. The Hall–Kier alpha value is -1.72. The zero-order valence-electron chi connectivity index (χ0n) is 10.3. The summed E-state index contributed by atoms with van der Waals surface area (Å²) in [6.07, 6.45) is 1.52. The van der Waals surface area contributed by atoms with Crippen LogP contribution < -0.4 is 5.73 Å². The second-order valence-electron chi connectivity index (χ2n) is 4.32. The van der Waals surface area contributed by atoms with Crippen LogP contribution in [0.15, 0.2) is 28.8 Å². The summed E-state index contributed by atoms with van der Waals surface area (Å²) in [4.78, 5) is 4.15. The normalized spacial score (nSPS) is 12.6. The van der Waals surface area contributed by atoms with Crippen molar-refractivity contribution in [1.29, 1.82) is 0 Å². The Balaban J connectivity index is 1.94. The Morgan fingerprint density at radius 1 is 1.28 bits per heavy atom. The number of hydrogen-bond acceptors (Lipinski definition) is 5. The lowest BCUT2D eigenvalue weighted by Gasteiger charge is -1.99. The van der Waals surface area contributed by atoms with Gasteiger partial charge in [0, 0.05) is 6.42 Å². The minimum absolute atomic E-state index is 0.184. The number of benzene rings is 1. The first-order valence-corrected chi connectivity index (χ1v) is 5.93. The van der Waals surface area contributed by atoms with Gasteiger partial charge in [-0.15, -0.1) is 0 Å². The minimum atomic E-state index is -0.568. The molecule has 0 bridgehead atoms. The van der Waals surface area contributed by atoms with Crippen LogP contribution in [-0.2, 0) is 12.8 Å². The van der Waals surface area contributed by atoms with Crippen molar-refractivity contribution in [2.45, 2.75) is 25.8 Å². The second kappa shape index (κ2) is 5.75. The quantitative estimate of drug-likeness (QED) is 0.828. The summed E-state index contributed by atoms with van der Waals surface area (Å²) in [5.74, 6) is 0.908. The van der Waals surface area contributed by atoms with E-state index < -0.39 is 6.04 Å². The summed E-state index contributed by atoms with van der Waals surface area (Å²) >= 11 is 0. The highest BCUT2D eigenvalue weighted by Gasteiger charge is 2.12. The number of rotatable bonds is 5. The molecule has 1 heterocycles. The lowest BCUT2D eigenvalue weighted by molar-refractivity contribution is 0.259. The SMILES string of the molecule is Cc1ccc(CCc2nc(C(N)CO)no2)cc1. The van der Waals surface area contributed by atoms with E-state index in [-0.39, 0.29) is 6.61 Å². The Morgan fingerprint density at radius 2 is 2.00 bits per heavy atom. The first-order chi connectivity index (χ1) is 8.69. The van der Waals surface area contributed by atoms with Crippen molar-refractivity contribution in [3.8, 4) is 0 Å². The molecule has 0 aliphatic carbocycles. The van der Waals surface area contributed by atoms with Crippen molar-refractivity contribution < 1.29 is 9.63 Å². The molecule has 5 nitrogen and oxygen atoms in total. The molecule has 0 saturated carbocycles. The molecule has 5 heteroatoms. The number of aliphatic hydroxyl groups is 1. The Labute approximate surface area is 106 Å². The predicted octanol–water partition coefficient (Wildman–Crippen LogP) is 1.16. The molecule has 0 aliphatic heterocycles. The van der Waals surface area contributed by atoms with Crippen molar-refractivity contribution in [2.24, 2.45) is 5.73 Å². The molecule has 2 rings (SSSR count). The van der Waals surface area contributed by atoms with Gasteiger partial charge in [0.05, 0.1) is 12.6 Å². The number of aliphatic hydroxyl groups excluding tert-OH is 1. The average Bonchev–Trinajstić information content (AvgIpc) is 2.86. The molecule has 2 aromatic rings. The molecule has 1 aromatic carbocycles. The smallest absolute Gasteiger partial charge is 0.227 e. The van der Waals surface area contributed by atoms with E-state index >= 15 is 0 Å². The fraction of sp³-hybridized carbons (Fsp3) is 0.385. The van der Waals surface area contributed by atoms with E-state index in [4.69, 9.17) is 15.4 Å². The summed E-state index contributed by atoms with van der Waals surface area (Å²) < 4.78 is 5.08. The molecule has 1 atom stereocenters. The number of aryl methyl sites for hydroxylation is 3. The molecule has 0 saturated heterocycles. The summed E-state index contributed by atoms with van der Waals surface area (Å²) in [5, 5.41) is 12.6. The van der Waals surface area contributed by atoms with Gasteiger partial charge in [-0.2, -0.15) is 4.98 Å². The maximum atomic E-state index is 8.88.